The first-order valence-corrected chi connectivity index (χ1v) is 11.6. The van der Waals surface area contributed by atoms with Crippen molar-refractivity contribution in [3.63, 3.8) is 0 Å². The molecule has 4 N–H and O–H groups in total. The molecule has 0 radical (unpaired) electrons. The molecule has 2 rings (SSSR count). The standard InChI is InChI=1S/C20H32N4O5S/c1-20(7-11-25,8-12-26)18(28)22-10-4-9-21-16(27)6-3-2-5-15-17-14(13-30-15)23-19(29)24-17/h11-12,14-15,17H,2-10,13H2,1H3,(H,21,27)(H,22,28)(H2,23,24,29)/t14-,15-,17-/m0/s1. The summed E-state index contributed by atoms with van der Waals surface area (Å²) in [7, 11) is 0. The summed E-state index contributed by atoms with van der Waals surface area (Å²) in [6.45, 7) is 2.42. The summed E-state index contributed by atoms with van der Waals surface area (Å²) >= 11 is 1.87. The monoisotopic (exact) mass is 440 g/mol. The number of fused-ring (bicyclic) bond motifs is 1. The van der Waals surface area contributed by atoms with E-state index < -0.39 is 5.41 Å². The van der Waals surface area contributed by atoms with Crippen LogP contribution in [0.3, 0.4) is 0 Å². The van der Waals surface area contributed by atoms with Crippen LogP contribution in [0.5, 0.6) is 0 Å². The number of aldehydes is 2. The molecule has 2 aliphatic heterocycles. The highest BCUT2D eigenvalue weighted by Crippen LogP contribution is 2.33. The van der Waals surface area contributed by atoms with Gasteiger partial charge in [-0.3, -0.25) is 9.59 Å². The minimum atomic E-state index is -1.01. The maximum atomic E-state index is 12.2. The first-order valence-electron chi connectivity index (χ1n) is 10.5. The van der Waals surface area contributed by atoms with Gasteiger partial charge in [0.05, 0.1) is 17.5 Å². The molecule has 9 nitrogen and oxygen atoms in total. The molecule has 4 amide bonds. The van der Waals surface area contributed by atoms with Gasteiger partial charge in [-0.15, -0.1) is 0 Å². The fourth-order valence-corrected chi connectivity index (χ4v) is 5.27. The molecule has 2 saturated heterocycles. The summed E-state index contributed by atoms with van der Waals surface area (Å²) in [6, 6.07) is 0.348. The van der Waals surface area contributed by atoms with Gasteiger partial charge in [-0.05, 0) is 26.2 Å². The van der Waals surface area contributed by atoms with E-state index in [0.717, 1.165) is 25.0 Å². The maximum Gasteiger partial charge on any atom is 0.315 e. The number of rotatable bonds is 14. The lowest BCUT2D eigenvalue weighted by atomic mass is 9.83. The van der Waals surface area contributed by atoms with Gasteiger partial charge in [-0.2, -0.15) is 11.8 Å². The van der Waals surface area contributed by atoms with Gasteiger partial charge in [0, 0.05) is 43.4 Å². The van der Waals surface area contributed by atoms with Crippen molar-refractivity contribution >= 4 is 42.2 Å². The lowest BCUT2D eigenvalue weighted by Gasteiger charge is -2.23. The van der Waals surface area contributed by atoms with Crippen LogP contribution in [-0.2, 0) is 19.2 Å². The number of hydrogen-bond acceptors (Lipinski definition) is 6. The van der Waals surface area contributed by atoms with Crippen molar-refractivity contribution in [2.75, 3.05) is 18.8 Å². The van der Waals surface area contributed by atoms with Crippen molar-refractivity contribution in [2.45, 2.75) is 69.2 Å². The average molecular weight is 441 g/mol. The van der Waals surface area contributed by atoms with Crippen molar-refractivity contribution in [1.82, 2.24) is 21.3 Å². The van der Waals surface area contributed by atoms with Crippen molar-refractivity contribution in [2.24, 2.45) is 5.41 Å². The second-order valence-corrected chi connectivity index (χ2v) is 9.40. The van der Waals surface area contributed by atoms with E-state index in [2.05, 4.69) is 21.3 Å². The van der Waals surface area contributed by atoms with Gasteiger partial charge in [0.25, 0.3) is 0 Å². The molecule has 3 atom stereocenters. The Morgan fingerprint density at radius 3 is 2.50 bits per heavy atom. The molecule has 0 unspecified atom stereocenters. The molecule has 30 heavy (non-hydrogen) atoms. The highest BCUT2D eigenvalue weighted by atomic mass is 32.2. The Morgan fingerprint density at radius 1 is 1.10 bits per heavy atom. The smallest absolute Gasteiger partial charge is 0.315 e. The van der Waals surface area contributed by atoms with Crippen LogP contribution in [-0.4, -0.2) is 66.6 Å². The molecule has 0 saturated carbocycles. The molecule has 2 aliphatic rings. The van der Waals surface area contributed by atoms with E-state index in [1.165, 1.54) is 0 Å². The Labute approximate surface area is 181 Å². The average Bonchev–Trinajstić information content (AvgIpc) is 3.24. The van der Waals surface area contributed by atoms with Gasteiger partial charge in [0.15, 0.2) is 0 Å². The van der Waals surface area contributed by atoms with Gasteiger partial charge >= 0.3 is 6.03 Å². The third-order valence-electron chi connectivity index (χ3n) is 5.66. The van der Waals surface area contributed by atoms with Crippen LogP contribution in [0, 0.1) is 5.41 Å². The number of amides is 4. The topological polar surface area (TPSA) is 133 Å². The lowest BCUT2D eigenvalue weighted by Crippen LogP contribution is -2.40. The van der Waals surface area contributed by atoms with Crippen LogP contribution in [0.1, 0.15) is 51.9 Å². The fourth-order valence-electron chi connectivity index (χ4n) is 3.73. The molecular weight excluding hydrogens is 408 g/mol. The summed E-state index contributed by atoms with van der Waals surface area (Å²) in [5, 5.41) is 11.9. The predicted molar refractivity (Wildman–Crippen MR) is 114 cm³/mol. The molecule has 2 heterocycles. The van der Waals surface area contributed by atoms with Crippen LogP contribution in [0.15, 0.2) is 0 Å². The molecule has 2 fully saturated rings. The zero-order valence-corrected chi connectivity index (χ0v) is 18.2. The van der Waals surface area contributed by atoms with E-state index >= 15 is 0 Å². The number of nitrogens with one attached hydrogen (secondary N) is 4. The lowest BCUT2D eigenvalue weighted by molar-refractivity contribution is -0.134. The van der Waals surface area contributed by atoms with Gasteiger partial charge in [-0.1, -0.05) is 6.42 Å². The third-order valence-corrected chi connectivity index (χ3v) is 7.17. The van der Waals surface area contributed by atoms with E-state index in [-0.39, 0.29) is 42.8 Å². The second kappa shape index (κ2) is 11.9. The Balaban J connectivity index is 1.51. The maximum absolute atomic E-state index is 12.2. The summed E-state index contributed by atoms with van der Waals surface area (Å²) < 4.78 is 0. The van der Waals surface area contributed by atoms with Crippen LogP contribution in [0.2, 0.25) is 0 Å². The van der Waals surface area contributed by atoms with Crippen molar-refractivity contribution in [3.8, 4) is 0 Å². The molecule has 0 aromatic carbocycles. The van der Waals surface area contributed by atoms with E-state index in [1.807, 2.05) is 11.8 Å². The SMILES string of the molecule is CC(CC=O)(CC=O)C(=O)NCCCNC(=O)CCCC[C@@H]1SC[C@@H]2NC(=O)N[C@@H]21. The van der Waals surface area contributed by atoms with Crippen LogP contribution in [0.25, 0.3) is 0 Å². The number of thioether (sulfide) groups is 1. The second-order valence-electron chi connectivity index (χ2n) is 8.13. The summed E-state index contributed by atoms with van der Waals surface area (Å²) in [4.78, 5) is 57.0. The minimum Gasteiger partial charge on any atom is -0.356 e. The number of urea groups is 1. The molecule has 0 spiro atoms. The number of carbonyl (C=O) groups is 5. The van der Waals surface area contributed by atoms with E-state index in [1.54, 1.807) is 6.92 Å². The molecule has 0 aliphatic carbocycles. The van der Waals surface area contributed by atoms with Gasteiger partial charge in [0.1, 0.15) is 12.6 Å². The Kier molecular flexibility index (Phi) is 9.61. The number of carbonyl (C=O) groups excluding carboxylic acids is 5. The quantitative estimate of drug-likeness (QED) is 0.177. The molecular formula is C20H32N4O5S. The van der Waals surface area contributed by atoms with Crippen molar-refractivity contribution in [1.29, 1.82) is 0 Å². The first kappa shape index (κ1) is 24.2. The zero-order chi connectivity index (χ0) is 22.0. The van der Waals surface area contributed by atoms with Crippen LogP contribution < -0.4 is 21.3 Å². The molecule has 0 aromatic heterocycles. The van der Waals surface area contributed by atoms with Gasteiger partial charge < -0.3 is 30.9 Å². The Hall–Kier alpha value is -2.10. The van der Waals surface area contributed by atoms with Gasteiger partial charge in [-0.25, -0.2) is 4.79 Å². The fraction of sp³-hybridized carbons (Fsp3) is 0.750. The molecule has 0 aromatic rings. The van der Waals surface area contributed by atoms with Crippen molar-refractivity contribution in [3.05, 3.63) is 0 Å². The Bertz CT molecular complexity index is 635. The third kappa shape index (κ3) is 7.00. The van der Waals surface area contributed by atoms with Crippen LogP contribution in [0.4, 0.5) is 4.79 Å². The van der Waals surface area contributed by atoms with Crippen molar-refractivity contribution < 1.29 is 24.0 Å². The first-order chi connectivity index (χ1) is 14.4. The predicted octanol–water partition coefficient (Wildman–Crippen LogP) is 0.519. The summed E-state index contributed by atoms with van der Waals surface area (Å²) in [6.07, 6.45) is 5.04. The van der Waals surface area contributed by atoms with Gasteiger partial charge in [0.2, 0.25) is 11.8 Å². The normalized spacial score (nSPS) is 22.6. The van der Waals surface area contributed by atoms with E-state index in [9.17, 15) is 24.0 Å². The minimum absolute atomic E-state index is 0.00203. The molecule has 10 heteroatoms. The Morgan fingerprint density at radius 2 is 1.80 bits per heavy atom. The summed E-state index contributed by atoms with van der Waals surface area (Å²) in [5.41, 5.74) is -1.01. The van der Waals surface area contributed by atoms with E-state index in [0.29, 0.717) is 43.8 Å². The van der Waals surface area contributed by atoms with Crippen LogP contribution >= 0.6 is 11.8 Å². The number of hydrogen-bond donors (Lipinski definition) is 4. The van der Waals surface area contributed by atoms with E-state index in [4.69, 9.17) is 0 Å². The molecule has 0 bridgehead atoms. The highest BCUT2D eigenvalue weighted by Gasteiger charge is 2.42. The highest BCUT2D eigenvalue weighted by molar-refractivity contribution is 8.00. The largest absolute Gasteiger partial charge is 0.356 e. The zero-order valence-electron chi connectivity index (χ0n) is 17.4. The molecule has 168 valence electrons. The number of unbranched alkanes of at least 4 members (excludes halogenated alkanes) is 1. The summed E-state index contributed by atoms with van der Waals surface area (Å²) in [5.74, 6) is 0.601.